The van der Waals surface area contributed by atoms with Gasteiger partial charge in [-0.15, -0.1) is 5.10 Å². The number of para-hydroxylation sites is 3. The summed E-state index contributed by atoms with van der Waals surface area (Å²) in [6, 6.07) is 22.1. The van der Waals surface area contributed by atoms with E-state index in [0.29, 0.717) is 34.7 Å². The number of hydrogen-bond donors (Lipinski definition) is 0. The van der Waals surface area contributed by atoms with E-state index in [2.05, 4.69) is 10.3 Å². The number of hydrogen-bond acceptors (Lipinski definition) is 5. The quantitative estimate of drug-likeness (QED) is 0.543. The Morgan fingerprint density at radius 3 is 2.41 bits per heavy atom. The fourth-order valence-electron chi connectivity index (χ4n) is 2.78. The van der Waals surface area contributed by atoms with Crippen LogP contribution in [0.5, 0.6) is 11.5 Å². The Balaban J connectivity index is 1.49. The molecule has 0 N–H and O–H groups in total. The standard InChI is InChI=1S/C21H17N3O3/c1-26-19-8-4-5-9-20(19)27-14-15-10-12-16(13-11-15)21(25)24-18-7-3-2-6-17(18)22-23-24/h2-13H,14H2,1H3. The van der Waals surface area contributed by atoms with Gasteiger partial charge < -0.3 is 9.47 Å². The average Bonchev–Trinajstić information content (AvgIpc) is 3.16. The number of carbonyl (C=O) groups excluding carboxylic acids is 1. The summed E-state index contributed by atoms with van der Waals surface area (Å²) in [4.78, 5) is 12.7. The highest BCUT2D eigenvalue weighted by Crippen LogP contribution is 2.26. The molecule has 0 unspecified atom stereocenters. The van der Waals surface area contributed by atoms with Crippen molar-refractivity contribution in [3.8, 4) is 11.5 Å². The summed E-state index contributed by atoms with van der Waals surface area (Å²) in [5.41, 5.74) is 2.85. The van der Waals surface area contributed by atoms with Crippen LogP contribution < -0.4 is 9.47 Å². The lowest BCUT2D eigenvalue weighted by Gasteiger charge is -2.10. The molecule has 6 heteroatoms. The summed E-state index contributed by atoms with van der Waals surface area (Å²) in [7, 11) is 1.61. The van der Waals surface area contributed by atoms with Crippen molar-refractivity contribution in [2.75, 3.05) is 7.11 Å². The number of methoxy groups -OCH3 is 1. The van der Waals surface area contributed by atoms with Crippen molar-refractivity contribution in [2.24, 2.45) is 0 Å². The average molecular weight is 359 g/mol. The number of fused-ring (bicyclic) bond motifs is 1. The first-order valence-corrected chi connectivity index (χ1v) is 8.46. The van der Waals surface area contributed by atoms with Crippen molar-refractivity contribution in [3.63, 3.8) is 0 Å². The van der Waals surface area contributed by atoms with Gasteiger partial charge in [0.1, 0.15) is 12.1 Å². The molecule has 3 aromatic carbocycles. The van der Waals surface area contributed by atoms with Crippen LogP contribution in [0.25, 0.3) is 11.0 Å². The van der Waals surface area contributed by atoms with Crippen molar-refractivity contribution in [3.05, 3.63) is 83.9 Å². The van der Waals surface area contributed by atoms with Gasteiger partial charge >= 0.3 is 0 Å². The van der Waals surface area contributed by atoms with E-state index in [9.17, 15) is 4.79 Å². The van der Waals surface area contributed by atoms with E-state index in [-0.39, 0.29) is 5.91 Å². The minimum absolute atomic E-state index is 0.221. The molecular formula is C21H17N3O3. The van der Waals surface area contributed by atoms with Crippen LogP contribution in [-0.2, 0) is 6.61 Å². The number of ether oxygens (including phenoxy) is 2. The third-order valence-electron chi connectivity index (χ3n) is 4.21. The molecule has 0 saturated carbocycles. The summed E-state index contributed by atoms with van der Waals surface area (Å²) in [5, 5.41) is 7.99. The van der Waals surface area contributed by atoms with Crippen molar-refractivity contribution >= 4 is 16.9 Å². The number of aromatic nitrogens is 3. The highest BCUT2D eigenvalue weighted by atomic mass is 16.5. The molecule has 1 aromatic heterocycles. The van der Waals surface area contributed by atoms with Crippen LogP contribution in [-0.4, -0.2) is 28.0 Å². The second-order valence-corrected chi connectivity index (χ2v) is 5.93. The third kappa shape index (κ3) is 3.37. The van der Waals surface area contributed by atoms with Gasteiger partial charge in [-0.25, -0.2) is 0 Å². The summed E-state index contributed by atoms with van der Waals surface area (Å²) in [6.45, 7) is 0.376. The van der Waals surface area contributed by atoms with Gasteiger partial charge in [-0.3, -0.25) is 4.79 Å². The van der Waals surface area contributed by atoms with Gasteiger partial charge in [-0.05, 0) is 42.0 Å². The van der Waals surface area contributed by atoms with Crippen molar-refractivity contribution in [1.29, 1.82) is 0 Å². The van der Waals surface area contributed by atoms with E-state index >= 15 is 0 Å². The molecule has 4 aromatic rings. The molecule has 0 aliphatic carbocycles. The summed E-state index contributed by atoms with van der Waals surface area (Å²) in [6.07, 6.45) is 0. The minimum Gasteiger partial charge on any atom is -0.493 e. The Bertz CT molecular complexity index is 1090. The monoisotopic (exact) mass is 359 g/mol. The summed E-state index contributed by atoms with van der Waals surface area (Å²) in [5.74, 6) is 1.14. The van der Waals surface area contributed by atoms with E-state index in [0.717, 1.165) is 5.56 Å². The zero-order chi connectivity index (χ0) is 18.6. The molecule has 27 heavy (non-hydrogen) atoms. The Kier molecular flexibility index (Phi) is 4.53. The van der Waals surface area contributed by atoms with Gasteiger partial charge in [-0.1, -0.05) is 41.6 Å². The molecule has 0 amide bonds. The normalized spacial score (nSPS) is 10.7. The molecule has 0 atom stereocenters. The zero-order valence-corrected chi connectivity index (χ0v) is 14.7. The highest BCUT2D eigenvalue weighted by molar-refractivity contribution is 6.00. The molecule has 0 radical (unpaired) electrons. The first-order chi connectivity index (χ1) is 13.3. The predicted octanol–water partition coefficient (Wildman–Crippen LogP) is 3.71. The minimum atomic E-state index is -0.221. The van der Waals surface area contributed by atoms with Gasteiger partial charge in [0.05, 0.1) is 12.6 Å². The van der Waals surface area contributed by atoms with Crippen LogP contribution in [0.1, 0.15) is 15.9 Å². The van der Waals surface area contributed by atoms with Crippen LogP contribution in [0.4, 0.5) is 0 Å². The lowest BCUT2D eigenvalue weighted by molar-refractivity contribution is 0.0948. The third-order valence-corrected chi connectivity index (χ3v) is 4.21. The van der Waals surface area contributed by atoms with Gasteiger partial charge in [-0.2, -0.15) is 4.68 Å². The van der Waals surface area contributed by atoms with E-state index in [4.69, 9.17) is 9.47 Å². The highest BCUT2D eigenvalue weighted by Gasteiger charge is 2.14. The van der Waals surface area contributed by atoms with Crippen LogP contribution in [0, 0.1) is 0 Å². The van der Waals surface area contributed by atoms with E-state index in [1.54, 1.807) is 19.2 Å². The zero-order valence-electron chi connectivity index (χ0n) is 14.7. The van der Waals surface area contributed by atoms with Crippen molar-refractivity contribution in [2.45, 2.75) is 6.61 Å². The molecule has 0 spiro atoms. The molecule has 134 valence electrons. The first-order valence-electron chi connectivity index (χ1n) is 8.46. The molecule has 0 bridgehead atoms. The Hall–Kier alpha value is -3.67. The molecule has 0 aliphatic rings. The number of carbonyl (C=O) groups is 1. The number of nitrogens with zero attached hydrogens (tertiary/aromatic N) is 3. The smallest absolute Gasteiger partial charge is 0.280 e. The topological polar surface area (TPSA) is 66.2 Å². The molecule has 0 aliphatic heterocycles. The summed E-state index contributed by atoms with van der Waals surface area (Å²) < 4.78 is 12.4. The Morgan fingerprint density at radius 1 is 0.926 bits per heavy atom. The second kappa shape index (κ2) is 7.29. The number of rotatable bonds is 5. The first kappa shape index (κ1) is 16.8. The van der Waals surface area contributed by atoms with Gasteiger partial charge in [0.25, 0.3) is 5.91 Å². The second-order valence-electron chi connectivity index (χ2n) is 5.93. The molecule has 6 nitrogen and oxygen atoms in total. The maximum Gasteiger partial charge on any atom is 0.280 e. The van der Waals surface area contributed by atoms with Crippen LogP contribution >= 0.6 is 0 Å². The Morgan fingerprint density at radius 2 is 1.63 bits per heavy atom. The maximum absolute atomic E-state index is 12.7. The van der Waals surface area contributed by atoms with Crippen LogP contribution in [0.2, 0.25) is 0 Å². The van der Waals surface area contributed by atoms with Crippen molar-refractivity contribution < 1.29 is 14.3 Å². The lowest BCUT2D eigenvalue weighted by Crippen LogP contribution is -2.13. The molecule has 0 fully saturated rings. The van der Waals surface area contributed by atoms with Gasteiger partial charge in [0, 0.05) is 5.56 Å². The van der Waals surface area contributed by atoms with Gasteiger partial charge in [0.15, 0.2) is 11.5 Å². The van der Waals surface area contributed by atoms with Crippen molar-refractivity contribution in [1.82, 2.24) is 15.0 Å². The van der Waals surface area contributed by atoms with Crippen LogP contribution in [0.15, 0.2) is 72.8 Å². The Labute approximate surface area is 156 Å². The molecule has 0 saturated heterocycles. The largest absolute Gasteiger partial charge is 0.493 e. The molecule has 4 rings (SSSR count). The van der Waals surface area contributed by atoms with E-state index in [1.807, 2.05) is 60.7 Å². The molecule has 1 heterocycles. The fourth-order valence-corrected chi connectivity index (χ4v) is 2.78. The van der Waals surface area contributed by atoms with E-state index in [1.165, 1.54) is 4.68 Å². The SMILES string of the molecule is COc1ccccc1OCc1ccc(C(=O)n2nnc3ccccc32)cc1. The van der Waals surface area contributed by atoms with E-state index < -0.39 is 0 Å². The predicted molar refractivity (Wildman–Crippen MR) is 101 cm³/mol. The van der Waals surface area contributed by atoms with Gasteiger partial charge in [0.2, 0.25) is 0 Å². The lowest BCUT2D eigenvalue weighted by atomic mass is 10.1. The number of benzene rings is 3. The summed E-state index contributed by atoms with van der Waals surface area (Å²) >= 11 is 0. The fraction of sp³-hybridized carbons (Fsp3) is 0.0952. The molecular weight excluding hydrogens is 342 g/mol. The van der Waals surface area contributed by atoms with Crippen LogP contribution in [0.3, 0.4) is 0 Å². The maximum atomic E-state index is 12.7.